The van der Waals surface area contributed by atoms with Gasteiger partial charge in [0, 0.05) is 19.0 Å². The van der Waals surface area contributed by atoms with Gasteiger partial charge in [-0.15, -0.1) is 0 Å². The molecular formula is C24H33NO4. The van der Waals surface area contributed by atoms with Gasteiger partial charge in [-0.05, 0) is 61.1 Å². The van der Waals surface area contributed by atoms with Crippen molar-refractivity contribution in [3.63, 3.8) is 0 Å². The number of carbonyl (C=O) groups is 1. The van der Waals surface area contributed by atoms with Gasteiger partial charge in [-0.25, -0.2) is 0 Å². The van der Waals surface area contributed by atoms with Crippen molar-refractivity contribution in [1.82, 2.24) is 5.32 Å². The van der Waals surface area contributed by atoms with E-state index in [-0.39, 0.29) is 23.4 Å². The van der Waals surface area contributed by atoms with E-state index in [2.05, 4.69) is 18.8 Å². The fourth-order valence-electron chi connectivity index (χ4n) is 5.85. The number of rotatable bonds is 6. The molecule has 5 atom stereocenters. The summed E-state index contributed by atoms with van der Waals surface area (Å²) in [5.41, 5.74) is 2.73. The summed E-state index contributed by atoms with van der Waals surface area (Å²) >= 11 is 0. The van der Waals surface area contributed by atoms with Gasteiger partial charge in [0.05, 0.1) is 20.1 Å². The number of carbonyl (C=O) groups excluding carboxylic acids is 1. The third kappa shape index (κ3) is 3.77. The average Bonchev–Trinajstić information content (AvgIpc) is 3.00. The van der Waals surface area contributed by atoms with Crippen molar-refractivity contribution in [1.29, 1.82) is 0 Å². The van der Waals surface area contributed by atoms with Gasteiger partial charge < -0.3 is 19.5 Å². The van der Waals surface area contributed by atoms with E-state index >= 15 is 0 Å². The molecule has 0 bridgehead atoms. The normalized spacial score (nSPS) is 33.6. The van der Waals surface area contributed by atoms with Crippen LogP contribution in [0.1, 0.15) is 44.6 Å². The van der Waals surface area contributed by atoms with Crippen molar-refractivity contribution in [2.45, 2.75) is 51.7 Å². The molecule has 1 N–H and O–H groups in total. The lowest BCUT2D eigenvalue weighted by Crippen LogP contribution is -2.45. The van der Waals surface area contributed by atoms with Crippen molar-refractivity contribution >= 4 is 5.97 Å². The van der Waals surface area contributed by atoms with Crippen LogP contribution in [0.25, 0.3) is 0 Å². The van der Waals surface area contributed by atoms with Crippen LogP contribution < -0.4 is 14.8 Å². The number of hydrogen-bond donors (Lipinski definition) is 1. The van der Waals surface area contributed by atoms with Gasteiger partial charge >= 0.3 is 5.97 Å². The van der Waals surface area contributed by atoms with E-state index in [0.717, 1.165) is 36.3 Å². The highest BCUT2D eigenvalue weighted by molar-refractivity contribution is 5.75. The van der Waals surface area contributed by atoms with E-state index in [1.165, 1.54) is 18.4 Å². The lowest BCUT2D eigenvalue weighted by molar-refractivity contribution is -0.146. The van der Waals surface area contributed by atoms with Gasteiger partial charge in [0.1, 0.15) is 6.10 Å². The van der Waals surface area contributed by atoms with E-state index < -0.39 is 0 Å². The molecule has 3 aliphatic rings. The van der Waals surface area contributed by atoms with Crippen LogP contribution in [0.4, 0.5) is 0 Å². The van der Waals surface area contributed by atoms with E-state index in [1.54, 1.807) is 14.2 Å². The first-order valence-corrected chi connectivity index (χ1v) is 10.7. The molecule has 29 heavy (non-hydrogen) atoms. The zero-order valence-electron chi connectivity index (χ0n) is 17.8. The zero-order chi connectivity index (χ0) is 20.6. The molecule has 4 rings (SSSR count). The molecule has 2 aliphatic carbocycles. The summed E-state index contributed by atoms with van der Waals surface area (Å²) in [5, 5.41) is 3.47. The number of hydrogen-bond acceptors (Lipinski definition) is 5. The first-order valence-electron chi connectivity index (χ1n) is 10.7. The van der Waals surface area contributed by atoms with Gasteiger partial charge in [-0.2, -0.15) is 0 Å². The lowest BCUT2D eigenvalue weighted by Gasteiger charge is -2.50. The molecule has 0 aromatic heterocycles. The highest BCUT2D eigenvalue weighted by atomic mass is 16.6. The Labute approximate surface area is 173 Å². The molecule has 1 saturated heterocycles. The van der Waals surface area contributed by atoms with E-state index in [0.29, 0.717) is 24.9 Å². The summed E-state index contributed by atoms with van der Waals surface area (Å²) in [6, 6.07) is 5.90. The first-order chi connectivity index (χ1) is 13.9. The minimum atomic E-state index is -0.0700. The van der Waals surface area contributed by atoms with E-state index in [1.807, 2.05) is 18.2 Å². The number of nitrogens with one attached hydrogen (secondary N) is 1. The van der Waals surface area contributed by atoms with E-state index in [9.17, 15) is 4.79 Å². The monoisotopic (exact) mass is 399 g/mol. The van der Waals surface area contributed by atoms with Crippen molar-refractivity contribution in [2.75, 3.05) is 20.8 Å². The lowest BCUT2D eigenvalue weighted by atomic mass is 9.55. The first kappa shape index (κ1) is 20.3. The van der Waals surface area contributed by atoms with Gasteiger partial charge in [0.2, 0.25) is 0 Å². The summed E-state index contributed by atoms with van der Waals surface area (Å²) in [6.45, 7) is 8.06. The summed E-state index contributed by atoms with van der Waals surface area (Å²) in [6.07, 6.45) is 5.66. The summed E-state index contributed by atoms with van der Waals surface area (Å²) < 4.78 is 16.5. The number of ether oxygens (including phenoxy) is 3. The third-order valence-electron chi connectivity index (χ3n) is 7.46. The second kappa shape index (κ2) is 8.02. The second-order valence-electron chi connectivity index (χ2n) is 9.22. The largest absolute Gasteiger partial charge is 0.493 e. The Balaban J connectivity index is 1.39. The smallest absolute Gasteiger partial charge is 0.310 e. The number of fused-ring (bicyclic) bond motifs is 2. The van der Waals surface area contributed by atoms with Crippen LogP contribution in [0.3, 0.4) is 0 Å². The molecule has 0 unspecified atom stereocenters. The maximum absolute atomic E-state index is 12.6. The Kier molecular flexibility index (Phi) is 5.60. The molecule has 0 amide bonds. The van der Waals surface area contributed by atoms with Crippen LogP contribution in [-0.4, -0.2) is 32.8 Å². The molecule has 3 fully saturated rings. The van der Waals surface area contributed by atoms with Crippen LogP contribution in [-0.2, 0) is 16.1 Å². The SMILES string of the molecule is C=C1CCC[C@]2(C)C[C@H]3OC(=O)[C@@H](CNCc4ccc(OC)c(OC)c4)[C@H]3C[C@H]12. The molecule has 1 aromatic rings. The molecule has 0 radical (unpaired) electrons. The Morgan fingerprint density at radius 3 is 2.83 bits per heavy atom. The molecule has 5 nitrogen and oxygen atoms in total. The van der Waals surface area contributed by atoms with Gasteiger partial charge in [-0.1, -0.05) is 25.1 Å². The highest BCUT2D eigenvalue weighted by Gasteiger charge is 2.54. The molecule has 1 aliphatic heterocycles. The van der Waals surface area contributed by atoms with Crippen molar-refractivity contribution in [2.24, 2.45) is 23.2 Å². The number of methoxy groups -OCH3 is 2. The van der Waals surface area contributed by atoms with Crippen molar-refractivity contribution in [3.05, 3.63) is 35.9 Å². The predicted molar refractivity (Wildman–Crippen MR) is 112 cm³/mol. The fraction of sp³-hybridized carbons (Fsp3) is 0.625. The van der Waals surface area contributed by atoms with Crippen LogP contribution in [0.15, 0.2) is 30.4 Å². The van der Waals surface area contributed by atoms with E-state index in [4.69, 9.17) is 14.2 Å². The van der Waals surface area contributed by atoms with Crippen LogP contribution in [0.5, 0.6) is 11.5 Å². The van der Waals surface area contributed by atoms with Gasteiger partial charge in [0.15, 0.2) is 11.5 Å². The number of esters is 1. The molecule has 5 heteroatoms. The fourth-order valence-corrected chi connectivity index (χ4v) is 5.85. The Morgan fingerprint density at radius 2 is 2.07 bits per heavy atom. The van der Waals surface area contributed by atoms with Crippen molar-refractivity contribution in [3.8, 4) is 11.5 Å². The highest BCUT2D eigenvalue weighted by Crippen LogP contribution is 2.56. The summed E-state index contributed by atoms with van der Waals surface area (Å²) in [5.74, 6) is 2.16. The Bertz CT molecular complexity index is 791. The van der Waals surface area contributed by atoms with Gasteiger partial charge in [-0.3, -0.25) is 4.79 Å². The Morgan fingerprint density at radius 1 is 1.28 bits per heavy atom. The standard InChI is InChI=1S/C24H33NO4/c1-15-6-5-9-24(2)12-22-17(11-19(15)24)18(23(26)29-22)14-25-13-16-7-8-20(27-3)21(10-16)28-4/h7-8,10,17-19,22,25H,1,5-6,9,11-14H2,2-4H3/t17-,18+,19-,22-,24-/m1/s1. The molecule has 158 valence electrons. The molecule has 2 saturated carbocycles. The summed E-state index contributed by atoms with van der Waals surface area (Å²) in [4.78, 5) is 12.6. The van der Waals surface area contributed by atoms with Crippen LogP contribution >= 0.6 is 0 Å². The maximum Gasteiger partial charge on any atom is 0.310 e. The Hall–Kier alpha value is -2.01. The molecule has 1 aromatic carbocycles. The third-order valence-corrected chi connectivity index (χ3v) is 7.46. The molecule has 0 spiro atoms. The maximum atomic E-state index is 12.6. The molecule has 1 heterocycles. The minimum Gasteiger partial charge on any atom is -0.493 e. The minimum absolute atomic E-state index is 0.0346. The number of benzene rings is 1. The van der Waals surface area contributed by atoms with Crippen LogP contribution in [0, 0.1) is 23.2 Å². The molecular weight excluding hydrogens is 366 g/mol. The van der Waals surface area contributed by atoms with Gasteiger partial charge in [0.25, 0.3) is 0 Å². The second-order valence-corrected chi connectivity index (χ2v) is 9.22. The zero-order valence-corrected chi connectivity index (χ0v) is 17.8. The average molecular weight is 400 g/mol. The quantitative estimate of drug-likeness (QED) is 0.576. The summed E-state index contributed by atoms with van der Waals surface area (Å²) in [7, 11) is 3.27. The van der Waals surface area contributed by atoms with Crippen molar-refractivity contribution < 1.29 is 19.0 Å². The van der Waals surface area contributed by atoms with Crippen LogP contribution in [0.2, 0.25) is 0 Å². The predicted octanol–water partition coefficient (Wildman–Crippen LogP) is 4.11. The number of allylic oxidation sites excluding steroid dienone is 1. The topological polar surface area (TPSA) is 56.8 Å².